The van der Waals surface area contributed by atoms with Crippen molar-refractivity contribution in [2.24, 2.45) is 0 Å². The molecule has 0 fully saturated rings. The lowest BCUT2D eigenvalue weighted by molar-refractivity contribution is 0.926. The standard InChI is InChI=1S/C7H9BrS/c1-2-3-6-4-7(8)9-5-6/h4-5H,2-3H2,1H3/i1D3,2D2,3D2,4D,5D. The Hall–Kier alpha value is 0.180. The van der Waals surface area contributed by atoms with E-state index in [-0.39, 0.29) is 15.2 Å². The molecule has 0 saturated carbocycles. The zero-order chi connectivity index (χ0) is 14.5. The van der Waals surface area contributed by atoms with Crippen LogP contribution in [0.5, 0.6) is 0 Å². The van der Waals surface area contributed by atoms with Gasteiger partial charge in [0.25, 0.3) is 0 Å². The van der Waals surface area contributed by atoms with Gasteiger partial charge in [0.15, 0.2) is 0 Å². The lowest BCUT2D eigenvalue weighted by atomic mass is 10.2. The molecule has 1 rings (SSSR count). The molecule has 0 aliphatic carbocycles. The Morgan fingerprint density at radius 3 is 3.56 bits per heavy atom. The second-order valence-electron chi connectivity index (χ2n) is 1.23. The molecule has 0 amide bonds. The van der Waals surface area contributed by atoms with Gasteiger partial charge in [-0.1, -0.05) is 13.2 Å². The van der Waals surface area contributed by atoms with Gasteiger partial charge in [0.05, 0.1) is 6.53 Å². The summed E-state index contributed by atoms with van der Waals surface area (Å²) in [5.74, 6) is 0. The Labute approximate surface area is 80.7 Å². The molecule has 0 spiro atoms. The van der Waals surface area contributed by atoms with Crippen molar-refractivity contribution in [2.75, 3.05) is 0 Å². The normalized spacial score (nSPS) is 29.2. The summed E-state index contributed by atoms with van der Waals surface area (Å²) in [7, 11) is 0. The molecule has 2 heteroatoms. The highest BCUT2D eigenvalue weighted by Gasteiger charge is 1.93. The van der Waals surface area contributed by atoms with Crippen LogP contribution in [0.15, 0.2) is 15.2 Å². The largest absolute Gasteiger partial charge is 0.137 e. The molecule has 0 bridgehead atoms. The summed E-state index contributed by atoms with van der Waals surface area (Å²) in [5.41, 5.74) is -0.541. The van der Waals surface area contributed by atoms with Crippen molar-refractivity contribution in [3.8, 4) is 0 Å². The van der Waals surface area contributed by atoms with Gasteiger partial charge in [-0.15, -0.1) is 11.3 Å². The topological polar surface area (TPSA) is 0 Å². The van der Waals surface area contributed by atoms with Crippen LogP contribution < -0.4 is 0 Å². The van der Waals surface area contributed by atoms with Gasteiger partial charge < -0.3 is 0 Å². The zero-order valence-electron chi connectivity index (χ0n) is 13.3. The van der Waals surface area contributed by atoms with Crippen LogP contribution in [0.1, 0.15) is 31.1 Å². The highest BCUT2D eigenvalue weighted by Crippen LogP contribution is 2.21. The van der Waals surface area contributed by atoms with Gasteiger partial charge >= 0.3 is 0 Å². The monoisotopic (exact) mass is 213 g/mol. The number of thiophene rings is 1. The van der Waals surface area contributed by atoms with Crippen LogP contribution >= 0.6 is 27.3 Å². The molecule has 1 heterocycles. The first-order valence-corrected chi connectivity index (χ1v) is 3.71. The molecule has 0 aliphatic rings. The fourth-order valence-corrected chi connectivity index (χ4v) is 1.25. The minimum atomic E-state index is -3.19. The van der Waals surface area contributed by atoms with Crippen molar-refractivity contribution in [3.05, 3.63) is 20.7 Å². The van der Waals surface area contributed by atoms with E-state index in [0.717, 1.165) is 11.3 Å². The van der Waals surface area contributed by atoms with Crippen molar-refractivity contribution in [3.63, 3.8) is 0 Å². The van der Waals surface area contributed by atoms with Crippen molar-refractivity contribution < 1.29 is 12.3 Å². The lowest BCUT2D eigenvalue weighted by Gasteiger charge is -1.86. The molecule has 1 aromatic rings. The number of hydrogen-bond donors (Lipinski definition) is 0. The summed E-state index contributed by atoms with van der Waals surface area (Å²) in [4.78, 5) is 0. The van der Waals surface area contributed by atoms with Crippen LogP contribution in [0.2, 0.25) is 0 Å². The molecule has 1 aromatic heterocycles. The maximum absolute atomic E-state index is 7.70. The van der Waals surface area contributed by atoms with E-state index in [9.17, 15) is 0 Å². The van der Waals surface area contributed by atoms with E-state index in [0.29, 0.717) is 0 Å². The third-order valence-electron chi connectivity index (χ3n) is 0.653. The average molecular weight is 214 g/mol. The number of rotatable bonds is 2. The molecule has 50 valence electrons. The summed E-state index contributed by atoms with van der Waals surface area (Å²) >= 11 is 3.71. The van der Waals surface area contributed by atoms with Gasteiger partial charge in [-0.05, 0) is 39.3 Å². The van der Waals surface area contributed by atoms with E-state index >= 15 is 0 Å². The third-order valence-corrected chi connectivity index (χ3v) is 1.92. The molecule has 0 aliphatic heterocycles. The van der Waals surface area contributed by atoms with Gasteiger partial charge in [-0.3, -0.25) is 0 Å². The second-order valence-corrected chi connectivity index (χ2v) is 3.36. The molecule has 0 atom stereocenters. The van der Waals surface area contributed by atoms with E-state index in [1.165, 1.54) is 0 Å². The predicted octanol–water partition coefficient (Wildman–Crippen LogP) is 3.46. The Kier molecular flexibility index (Phi) is 0.697. The van der Waals surface area contributed by atoms with Crippen molar-refractivity contribution in [1.29, 1.82) is 0 Å². The summed E-state index contributed by atoms with van der Waals surface area (Å²) in [6.07, 6.45) is -6.14. The van der Waals surface area contributed by atoms with Gasteiger partial charge in [0, 0.05) is 9.60 Å². The van der Waals surface area contributed by atoms with Gasteiger partial charge in [0.1, 0.15) is 0 Å². The first-order chi connectivity index (χ1) is 7.84. The Morgan fingerprint density at radius 2 is 3.00 bits per heavy atom. The zero-order valence-corrected chi connectivity index (χ0v) is 6.69. The van der Waals surface area contributed by atoms with Crippen molar-refractivity contribution in [2.45, 2.75) is 19.6 Å². The molecule has 9 heavy (non-hydrogen) atoms. The molecular formula is C7H9BrS. The summed E-state index contributed by atoms with van der Waals surface area (Å²) in [6.45, 7) is -3.19. The minimum Gasteiger partial charge on any atom is -0.137 e. The molecule has 0 saturated heterocycles. The molecule has 0 radical (unpaired) electrons. The van der Waals surface area contributed by atoms with Crippen LogP contribution in [0, 0.1) is 0 Å². The Morgan fingerprint density at radius 1 is 2.11 bits per heavy atom. The fourth-order valence-electron chi connectivity index (χ4n) is 0.364. The van der Waals surface area contributed by atoms with E-state index in [4.69, 9.17) is 12.3 Å². The van der Waals surface area contributed by atoms with Crippen LogP contribution in [0.3, 0.4) is 0 Å². The fraction of sp³-hybridized carbons (Fsp3) is 0.429. The van der Waals surface area contributed by atoms with Crippen LogP contribution in [0.25, 0.3) is 0 Å². The van der Waals surface area contributed by atoms with E-state index in [1.807, 2.05) is 0 Å². The molecule has 0 N–H and O–H groups in total. The molecule has 0 nitrogen and oxygen atoms in total. The predicted molar refractivity (Wildman–Crippen MR) is 46.0 cm³/mol. The Bertz CT molecular complexity index is 460. The number of halogens is 1. The van der Waals surface area contributed by atoms with Crippen LogP contribution in [-0.4, -0.2) is 0 Å². The van der Waals surface area contributed by atoms with Crippen LogP contribution in [-0.2, 0) is 6.37 Å². The third kappa shape index (κ3) is 2.11. The van der Waals surface area contributed by atoms with Gasteiger partial charge in [-0.2, -0.15) is 0 Å². The summed E-state index contributed by atoms with van der Waals surface area (Å²) < 4.78 is 66.9. The minimum absolute atomic E-state index is 0.174. The summed E-state index contributed by atoms with van der Waals surface area (Å²) in [6, 6.07) is -0.386. The smallest absolute Gasteiger partial charge is 0.0743 e. The van der Waals surface area contributed by atoms with Crippen molar-refractivity contribution >= 4 is 27.3 Å². The maximum atomic E-state index is 7.70. The number of hydrogen-bond acceptors (Lipinski definition) is 1. The quantitative estimate of drug-likeness (QED) is 0.707. The van der Waals surface area contributed by atoms with E-state index < -0.39 is 25.2 Å². The SMILES string of the molecule is [2H]c1sc(Br)c([2H])c1C([2H])([2H])C([2H])([2H])C([2H])([2H])[2H]. The average Bonchev–Trinajstić information content (AvgIpc) is 2.38. The van der Waals surface area contributed by atoms with Crippen molar-refractivity contribution in [1.82, 2.24) is 0 Å². The summed E-state index contributed by atoms with van der Waals surface area (Å²) in [5, 5.41) is -0.356. The van der Waals surface area contributed by atoms with E-state index in [2.05, 4.69) is 15.9 Å². The first-order valence-electron chi connectivity index (χ1n) is 6.60. The van der Waals surface area contributed by atoms with Gasteiger partial charge in [0.2, 0.25) is 0 Å². The highest BCUT2D eigenvalue weighted by atomic mass is 79.9. The molecule has 0 unspecified atom stereocenters. The van der Waals surface area contributed by atoms with Gasteiger partial charge in [-0.25, -0.2) is 0 Å². The van der Waals surface area contributed by atoms with Crippen LogP contribution in [0.4, 0.5) is 0 Å². The highest BCUT2D eigenvalue weighted by molar-refractivity contribution is 9.11. The first kappa shape index (κ1) is 1.86. The second kappa shape index (κ2) is 3.37. The molecule has 0 aromatic carbocycles. The lowest BCUT2D eigenvalue weighted by Crippen LogP contribution is -1.74. The Balaban J connectivity index is 3.47. The maximum Gasteiger partial charge on any atom is 0.0743 e. The van der Waals surface area contributed by atoms with E-state index in [1.54, 1.807) is 0 Å². The molecular weight excluding hydrogens is 196 g/mol.